The highest BCUT2D eigenvalue weighted by Crippen LogP contribution is 2.17. The van der Waals surface area contributed by atoms with Crippen molar-refractivity contribution in [2.45, 2.75) is 37.8 Å². The van der Waals surface area contributed by atoms with E-state index in [-0.39, 0.29) is 6.10 Å². The zero-order valence-corrected chi connectivity index (χ0v) is 5.93. The van der Waals surface area contributed by atoms with Crippen LogP contribution in [0, 0.1) is 0 Å². The van der Waals surface area contributed by atoms with Gasteiger partial charge in [0.1, 0.15) is 0 Å². The summed E-state index contributed by atoms with van der Waals surface area (Å²) < 4.78 is 0. The zero-order valence-electron chi connectivity index (χ0n) is 5.93. The number of hydrogen-bond donors (Lipinski definition) is 2. The van der Waals surface area contributed by atoms with Crippen LogP contribution in [0.25, 0.3) is 0 Å². The van der Waals surface area contributed by atoms with Gasteiger partial charge < -0.3 is 10.4 Å². The molecule has 0 amide bonds. The molecule has 1 aliphatic rings. The van der Waals surface area contributed by atoms with Gasteiger partial charge in [0.05, 0.1) is 6.10 Å². The van der Waals surface area contributed by atoms with Crippen molar-refractivity contribution < 1.29 is 5.11 Å². The van der Waals surface area contributed by atoms with E-state index in [4.69, 9.17) is 0 Å². The Morgan fingerprint density at radius 3 is 2.67 bits per heavy atom. The minimum Gasteiger partial charge on any atom is -0.393 e. The van der Waals surface area contributed by atoms with Gasteiger partial charge >= 0.3 is 0 Å². The minimum absolute atomic E-state index is 0.0452. The van der Waals surface area contributed by atoms with Crippen LogP contribution in [0.3, 0.4) is 0 Å². The normalized spacial score (nSPS) is 36.7. The summed E-state index contributed by atoms with van der Waals surface area (Å²) in [5.74, 6) is 0. The van der Waals surface area contributed by atoms with Gasteiger partial charge in [-0.05, 0) is 32.7 Å². The van der Waals surface area contributed by atoms with E-state index < -0.39 is 0 Å². The third-order valence-electron chi connectivity index (χ3n) is 2.05. The third-order valence-corrected chi connectivity index (χ3v) is 2.05. The molecule has 0 bridgehead atoms. The van der Waals surface area contributed by atoms with Gasteiger partial charge in [-0.3, -0.25) is 0 Å². The van der Waals surface area contributed by atoms with E-state index in [0.717, 1.165) is 12.8 Å². The largest absolute Gasteiger partial charge is 0.393 e. The highest BCUT2D eigenvalue weighted by Gasteiger charge is 2.17. The molecular formula is C7H15NO. The molecule has 0 spiro atoms. The molecule has 0 aromatic rings. The Hall–Kier alpha value is -0.0800. The van der Waals surface area contributed by atoms with Crippen LogP contribution in [-0.2, 0) is 0 Å². The summed E-state index contributed by atoms with van der Waals surface area (Å²) in [7, 11) is 1.96. The van der Waals surface area contributed by atoms with Crippen LogP contribution < -0.4 is 5.32 Å². The van der Waals surface area contributed by atoms with Crippen molar-refractivity contribution in [3.05, 3.63) is 0 Å². The van der Waals surface area contributed by atoms with Crippen LogP contribution in [-0.4, -0.2) is 24.3 Å². The minimum atomic E-state index is -0.0452. The van der Waals surface area contributed by atoms with Gasteiger partial charge in [-0.15, -0.1) is 0 Å². The second-order valence-corrected chi connectivity index (χ2v) is 2.81. The molecule has 0 aromatic heterocycles. The van der Waals surface area contributed by atoms with Crippen LogP contribution in [0.5, 0.6) is 0 Å². The Labute approximate surface area is 56.3 Å². The molecule has 2 atom stereocenters. The fourth-order valence-corrected chi connectivity index (χ4v) is 1.43. The van der Waals surface area contributed by atoms with Gasteiger partial charge in [0.25, 0.3) is 0 Å². The van der Waals surface area contributed by atoms with Gasteiger partial charge in [-0.25, -0.2) is 0 Å². The summed E-state index contributed by atoms with van der Waals surface area (Å²) in [6.07, 6.45) is 4.30. The van der Waals surface area contributed by atoms with Gasteiger partial charge in [-0.1, -0.05) is 0 Å². The average molecular weight is 129 g/mol. The van der Waals surface area contributed by atoms with Crippen molar-refractivity contribution in [2.75, 3.05) is 7.05 Å². The van der Waals surface area contributed by atoms with E-state index in [0.29, 0.717) is 6.04 Å². The van der Waals surface area contributed by atoms with Crippen LogP contribution in [0.4, 0.5) is 0 Å². The Balaban J connectivity index is 2.23. The Morgan fingerprint density at radius 2 is 2.22 bits per heavy atom. The van der Waals surface area contributed by atoms with Gasteiger partial charge in [0, 0.05) is 6.04 Å². The number of rotatable bonds is 1. The number of nitrogens with one attached hydrogen (secondary N) is 1. The maximum absolute atomic E-state index is 9.17. The van der Waals surface area contributed by atoms with Crippen molar-refractivity contribution >= 4 is 0 Å². The van der Waals surface area contributed by atoms with Crippen LogP contribution in [0.15, 0.2) is 0 Å². The molecule has 9 heavy (non-hydrogen) atoms. The zero-order chi connectivity index (χ0) is 6.69. The maximum Gasteiger partial charge on any atom is 0.0555 e. The summed E-state index contributed by atoms with van der Waals surface area (Å²) in [6, 6.07) is 0.564. The van der Waals surface area contributed by atoms with Gasteiger partial charge in [0.15, 0.2) is 0 Å². The first-order valence-electron chi connectivity index (χ1n) is 3.68. The van der Waals surface area contributed by atoms with E-state index in [1.807, 2.05) is 7.05 Å². The molecule has 2 N–H and O–H groups in total. The second kappa shape index (κ2) is 3.18. The molecule has 2 nitrogen and oxygen atoms in total. The highest BCUT2D eigenvalue weighted by atomic mass is 16.3. The number of aliphatic hydroxyl groups excluding tert-OH is 1. The molecule has 0 saturated heterocycles. The van der Waals surface area contributed by atoms with Crippen molar-refractivity contribution in [3.63, 3.8) is 0 Å². The average Bonchev–Trinajstić information content (AvgIpc) is 1.88. The summed E-state index contributed by atoms with van der Waals surface area (Å²) in [5, 5.41) is 12.3. The van der Waals surface area contributed by atoms with Crippen molar-refractivity contribution in [1.82, 2.24) is 5.32 Å². The lowest BCUT2D eigenvalue weighted by atomic mass is 9.93. The van der Waals surface area contributed by atoms with Crippen LogP contribution in [0.2, 0.25) is 0 Å². The second-order valence-electron chi connectivity index (χ2n) is 2.81. The molecule has 2 heteroatoms. The topological polar surface area (TPSA) is 32.3 Å². The first-order valence-corrected chi connectivity index (χ1v) is 3.68. The predicted molar refractivity (Wildman–Crippen MR) is 37.3 cm³/mol. The molecule has 0 heterocycles. The summed E-state index contributed by atoms with van der Waals surface area (Å²) in [5.41, 5.74) is 0. The summed E-state index contributed by atoms with van der Waals surface area (Å²) >= 11 is 0. The molecule has 0 unspecified atom stereocenters. The predicted octanol–water partition coefficient (Wildman–Crippen LogP) is 0.509. The summed E-state index contributed by atoms with van der Waals surface area (Å²) in [6.45, 7) is 0. The molecular weight excluding hydrogens is 114 g/mol. The van der Waals surface area contributed by atoms with Crippen molar-refractivity contribution in [1.29, 1.82) is 0 Å². The first kappa shape index (κ1) is 7.03. The van der Waals surface area contributed by atoms with E-state index in [2.05, 4.69) is 5.32 Å². The lowest BCUT2D eigenvalue weighted by Gasteiger charge is -2.24. The quantitative estimate of drug-likeness (QED) is 0.540. The first-order chi connectivity index (χ1) is 4.33. The molecule has 0 aliphatic heterocycles. The Bertz CT molecular complexity index is 85.0. The smallest absolute Gasteiger partial charge is 0.0555 e. The highest BCUT2D eigenvalue weighted by molar-refractivity contribution is 4.75. The maximum atomic E-state index is 9.17. The molecule has 1 fully saturated rings. The van der Waals surface area contributed by atoms with Gasteiger partial charge in [-0.2, -0.15) is 0 Å². The fraction of sp³-hybridized carbons (Fsp3) is 1.00. The Kier molecular flexibility index (Phi) is 2.49. The lowest BCUT2D eigenvalue weighted by molar-refractivity contribution is 0.114. The molecule has 54 valence electrons. The van der Waals surface area contributed by atoms with E-state index in [1.165, 1.54) is 12.8 Å². The fourth-order valence-electron chi connectivity index (χ4n) is 1.43. The molecule has 0 radical (unpaired) electrons. The van der Waals surface area contributed by atoms with Crippen molar-refractivity contribution in [2.24, 2.45) is 0 Å². The molecule has 0 aromatic carbocycles. The standard InChI is InChI=1S/C7H15NO/c1-8-6-3-2-4-7(9)5-6/h6-9H,2-5H2,1H3/t6-,7-/m1/s1. The van der Waals surface area contributed by atoms with E-state index >= 15 is 0 Å². The summed E-state index contributed by atoms with van der Waals surface area (Å²) in [4.78, 5) is 0. The van der Waals surface area contributed by atoms with E-state index in [9.17, 15) is 5.11 Å². The van der Waals surface area contributed by atoms with Crippen LogP contribution >= 0.6 is 0 Å². The Morgan fingerprint density at radius 1 is 1.44 bits per heavy atom. The third kappa shape index (κ3) is 1.95. The number of aliphatic hydroxyl groups is 1. The van der Waals surface area contributed by atoms with Crippen molar-refractivity contribution in [3.8, 4) is 0 Å². The van der Waals surface area contributed by atoms with E-state index in [1.54, 1.807) is 0 Å². The molecule has 1 saturated carbocycles. The molecule has 1 aliphatic carbocycles. The van der Waals surface area contributed by atoms with Crippen LogP contribution in [0.1, 0.15) is 25.7 Å². The monoisotopic (exact) mass is 129 g/mol. The number of hydrogen-bond acceptors (Lipinski definition) is 2. The molecule has 1 rings (SSSR count). The lowest BCUT2D eigenvalue weighted by Crippen LogP contribution is -2.33. The SMILES string of the molecule is CN[C@@H]1CCC[C@@H](O)C1. The van der Waals surface area contributed by atoms with Gasteiger partial charge in [0.2, 0.25) is 0 Å².